The average molecular weight is 625 g/mol. The number of anilines is 2. The number of piperazine rings is 1. The monoisotopic (exact) mass is 624 g/mol. The van der Waals surface area contributed by atoms with E-state index in [9.17, 15) is 9.18 Å². The molecule has 1 aliphatic heterocycles. The molecule has 7 rings (SSSR count). The van der Waals surface area contributed by atoms with Crippen LogP contribution in [0.3, 0.4) is 0 Å². The molecule has 45 heavy (non-hydrogen) atoms. The van der Waals surface area contributed by atoms with Gasteiger partial charge in [-0.3, -0.25) is 4.79 Å². The Kier molecular flexibility index (Phi) is 7.72. The molecule has 0 amide bonds. The highest BCUT2D eigenvalue weighted by Crippen LogP contribution is 2.29. The van der Waals surface area contributed by atoms with E-state index in [1.54, 1.807) is 42.7 Å². The summed E-state index contributed by atoms with van der Waals surface area (Å²) in [6, 6.07) is 22.2. The van der Waals surface area contributed by atoms with Crippen LogP contribution in [0.25, 0.3) is 22.3 Å². The van der Waals surface area contributed by atoms with Crippen molar-refractivity contribution in [2.45, 2.75) is 13.0 Å². The second-order valence-corrected chi connectivity index (χ2v) is 11.4. The van der Waals surface area contributed by atoms with Crippen molar-refractivity contribution in [2.24, 2.45) is 0 Å². The van der Waals surface area contributed by atoms with E-state index in [0.29, 0.717) is 49.0 Å². The van der Waals surface area contributed by atoms with Crippen LogP contribution in [0.2, 0.25) is 5.02 Å². The molecule has 0 aliphatic carbocycles. The Labute approximate surface area is 262 Å². The molecule has 0 spiro atoms. The molecule has 11 heteroatoms. The molecule has 0 saturated carbocycles. The number of hydrogen-bond donors (Lipinski definition) is 0. The summed E-state index contributed by atoms with van der Waals surface area (Å²) in [5.41, 5.74) is 2.51. The van der Waals surface area contributed by atoms with Gasteiger partial charge in [-0.05, 0) is 59.7 Å². The fourth-order valence-electron chi connectivity index (χ4n) is 5.65. The lowest BCUT2D eigenvalue weighted by Gasteiger charge is -2.37. The van der Waals surface area contributed by atoms with Crippen LogP contribution in [-0.2, 0) is 13.0 Å². The first kappa shape index (κ1) is 28.7. The van der Waals surface area contributed by atoms with Gasteiger partial charge in [0.05, 0.1) is 23.2 Å². The fourth-order valence-corrected chi connectivity index (χ4v) is 5.77. The maximum Gasteiger partial charge on any atom is 0.231 e. The molecule has 226 valence electrons. The number of hydrogen-bond acceptors (Lipinski definition) is 7. The van der Waals surface area contributed by atoms with Gasteiger partial charge in [0.2, 0.25) is 17.1 Å². The van der Waals surface area contributed by atoms with Gasteiger partial charge in [0.1, 0.15) is 17.5 Å². The summed E-state index contributed by atoms with van der Waals surface area (Å²) in [7, 11) is 0. The Morgan fingerprint density at radius 2 is 1.60 bits per heavy atom. The minimum atomic E-state index is -0.480. The van der Waals surface area contributed by atoms with Crippen LogP contribution in [0.1, 0.15) is 17.0 Å². The van der Waals surface area contributed by atoms with Gasteiger partial charge in [-0.1, -0.05) is 47.1 Å². The fraction of sp³-hybridized carbons (Fsp3) is 0.176. The van der Waals surface area contributed by atoms with E-state index in [4.69, 9.17) is 16.1 Å². The number of pyridine rings is 2. The number of aromatic nitrogens is 4. The number of fused-ring (bicyclic) bond motifs is 1. The van der Waals surface area contributed by atoms with Gasteiger partial charge in [0.15, 0.2) is 0 Å². The smallest absolute Gasteiger partial charge is 0.231 e. The van der Waals surface area contributed by atoms with Gasteiger partial charge in [0, 0.05) is 55.5 Å². The molecule has 6 aromatic rings. The minimum absolute atomic E-state index is 0.0963. The van der Waals surface area contributed by atoms with E-state index in [1.165, 1.54) is 18.2 Å². The highest BCUT2D eigenvalue weighted by Gasteiger charge is 2.23. The highest BCUT2D eigenvalue weighted by atomic mass is 35.5. The largest absolute Gasteiger partial charge is 0.366 e. The quantitative estimate of drug-likeness (QED) is 0.205. The zero-order valence-electron chi connectivity index (χ0n) is 24.0. The number of rotatable bonds is 7. The van der Waals surface area contributed by atoms with Crippen LogP contribution >= 0.6 is 11.6 Å². The van der Waals surface area contributed by atoms with E-state index in [0.717, 1.165) is 16.9 Å². The Morgan fingerprint density at radius 1 is 0.867 bits per heavy atom. The van der Waals surface area contributed by atoms with Crippen LogP contribution in [0, 0.1) is 11.6 Å². The molecule has 0 radical (unpaired) electrons. The SMILES string of the molecule is O=c1c(-c2noc(Cc3ccc(F)cc3)n2)cn(Cc2ccc(Cl)cc2)c2cc(N3CCN(c4ccccn4)CC3)c(F)cc12. The maximum absolute atomic E-state index is 15.8. The summed E-state index contributed by atoms with van der Waals surface area (Å²) in [5.74, 6) is 0.434. The molecule has 0 N–H and O–H groups in total. The molecule has 0 unspecified atom stereocenters. The summed E-state index contributed by atoms with van der Waals surface area (Å²) < 4.78 is 36.5. The van der Waals surface area contributed by atoms with Crippen molar-refractivity contribution in [3.63, 3.8) is 0 Å². The van der Waals surface area contributed by atoms with Crippen molar-refractivity contribution in [1.29, 1.82) is 0 Å². The van der Waals surface area contributed by atoms with Gasteiger partial charge < -0.3 is 18.9 Å². The maximum atomic E-state index is 15.8. The summed E-state index contributed by atoms with van der Waals surface area (Å²) in [6.45, 7) is 2.95. The third-order valence-electron chi connectivity index (χ3n) is 7.99. The molecular weight excluding hydrogens is 598 g/mol. The van der Waals surface area contributed by atoms with Gasteiger partial charge in [-0.25, -0.2) is 13.8 Å². The lowest BCUT2D eigenvalue weighted by Crippen LogP contribution is -2.47. The van der Waals surface area contributed by atoms with Crippen LogP contribution in [0.4, 0.5) is 20.3 Å². The van der Waals surface area contributed by atoms with Crippen LogP contribution in [0.5, 0.6) is 0 Å². The van der Waals surface area contributed by atoms with Crippen molar-refractivity contribution in [2.75, 3.05) is 36.0 Å². The molecular formula is C34H27ClF2N6O2. The minimum Gasteiger partial charge on any atom is -0.366 e. The summed E-state index contributed by atoms with van der Waals surface area (Å²) in [5, 5.41) is 4.89. The van der Waals surface area contributed by atoms with Gasteiger partial charge in [-0.2, -0.15) is 4.98 Å². The van der Waals surface area contributed by atoms with Crippen molar-refractivity contribution in [3.8, 4) is 11.4 Å². The van der Waals surface area contributed by atoms with Crippen LogP contribution in [-0.4, -0.2) is 45.9 Å². The lowest BCUT2D eigenvalue weighted by atomic mass is 10.1. The van der Waals surface area contributed by atoms with Crippen LogP contribution < -0.4 is 15.2 Å². The first-order chi connectivity index (χ1) is 21.9. The first-order valence-electron chi connectivity index (χ1n) is 14.5. The normalized spacial score (nSPS) is 13.5. The molecule has 0 bridgehead atoms. The zero-order chi connectivity index (χ0) is 30.9. The molecule has 1 aliphatic rings. The van der Waals surface area contributed by atoms with E-state index in [2.05, 4.69) is 20.0 Å². The second kappa shape index (κ2) is 12.1. The van der Waals surface area contributed by atoms with E-state index in [1.807, 2.05) is 39.8 Å². The summed E-state index contributed by atoms with van der Waals surface area (Å²) in [6.07, 6.45) is 3.72. The summed E-state index contributed by atoms with van der Waals surface area (Å²) >= 11 is 6.13. The average Bonchev–Trinajstić information content (AvgIpc) is 3.53. The number of halogens is 3. The van der Waals surface area contributed by atoms with Crippen molar-refractivity contribution in [3.05, 3.63) is 135 Å². The molecule has 0 atom stereocenters. The Hall–Kier alpha value is -5.09. The Bertz CT molecular complexity index is 2020. The molecule has 8 nitrogen and oxygen atoms in total. The predicted molar refractivity (Wildman–Crippen MR) is 170 cm³/mol. The van der Waals surface area contributed by atoms with E-state index < -0.39 is 11.2 Å². The number of nitrogens with zero attached hydrogens (tertiary/aromatic N) is 6. The van der Waals surface area contributed by atoms with E-state index in [-0.39, 0.29) is 34.9 Å². The molecule has 4 heterocycles. The van der Waals surface area contributed by atoms with Gasteiger partial charge >= 0.3 is 0 Å². The standard InChI is InChI=1S/C34H27ClF2N6O2/c35-24-8-4-23(5-9-24)20-43-21-27(34-39-32(45-40-34)17-22-6-10-25(36)11-7-22)33(44)26-18-28(37)30(19-29(26)43)41-13-15-42(16-14-41)31-3-1-2-12-38-31/h1-12,18-19,21H,13-17,20H2. The number of benzene rings is 3. The Balaban J connectivity index is 1.25. The summed E-state index contributed by atoms with van der Waals surface area (Å²) in [4.78, 5) is 26.9. The van der Waals surface area contributed by atoms with Gasteiger partial charge in [-0.15, -0.1) is 0 Å². The van der Waals surface area contributed by atoms with Gasteiger partial charge in [0.25, 0.3) is 0 Å². The molecule has 3 aromatic heterocycles. The Morgan fingerprint density at radius 3 is 2.33 bits per heavy atom. The first-order valence-corrected chi connectivity index (χ1v) is 14.9. The zero-order valence-corrected chi connectivity index (χ0v) is 24.8. The molecule has 3 aromatic carbocycles. The van der Waals surface area contributed by atoms with Crippen molar-refractivity contribution >= 4 is 34.0 Å². The third kappa shape index (κ3) is 6.01. The highest BCUT2D eigenvalue weighted by molar-refractivity contribution is 6.30. The van der Waals surface area contributed by atoms with Crippen molar-refractivity contribution < 1.29 is 13.3 Å². The van der Waals surface area contributed by atoms with Crippen LogP contribution in [0.15, 0.2) is 101 Å². The van der Waals surface area contributed by atoms with E-state index >= 15 is 4.39 Å². The van der Waals surface area contributed by atoms with Crippen molar-refractivity contribution in [1.82, 2.24) is 19.7 Å². The topological polar surface area (TPSA) is 80.3 Å². The molecule has 1 fully saturated rings. The second-order valence-electron chi connectivity index (χ2n) is 10.9. The lowest BCUT2D eigenvalue weighted by molar-refractivity contribution is 0.385. The third-order valence-corrected chi connectivity index (χ3v) is 8.24. The predicted octanol–water partition coefficient (Wildman–Crippen LogP) is 6.34. The molecule has 1 saturated heterocycles.